The van der Waals surface area contributed by atoms with Crippen LogP contribution in [-0.2, 0) is 0 Å². The highest BCUT2D eigenvalue weighted by atomic mass is 19.4. The number of carbonyl (C=O) groups is 1. The Morgan fingerprint density at radius 2 is 1.73 bits per heavy atom. The van der Waals surface area contributed by atoms with Crippen molar-refractivity contribution in [2.45, 2.75) is 83.0 Å². The molecule has 182 valence electrons. The van der Waals surface area contributed by atoms with E-state index in [2.05, 4.69) is 11.9 Å². The first-order valence-electron chi connectivity index (χ1n) is 11.7. The van der Waals surface area contributed by atoms with Crippen molar-refractivity contribution in [3.05, 3.63) is 66.0 Å². The first-order valence-corrected chi connectivity index (χ1v) is 11.7. The van der Waals surface area contributed by atoms with Gasteiger partial charge in [0.2, 0.25) is 0 Å². The van der Waals surface area contributed by atoms with Gasteiger partial charge in [0.25, 0.3) is 5.91 Å². The van der Waals surface area contributed by atoms with Crippen LogP contribution in [0, 0.1) is 0 Å². The summed E-state index contributed by atoms with van der Waals surface area (Å²) in [6, 6.07) is 11.9. The molecule has 1 aromatic heterocycles. The molecule has 0 radical (unpaired) electrons. The van der Waals surface area contributed by atoms with Crippen LogP contribution in [-0.4, -0.2) is 45.8 Å². The molecular weight excluding hydrogens is 429 g/mol. The second kappa shape index (κ2) is 13.3. The lowest BCUT2D eigenvalue weighted by atomic mass is 9.98. The number of aliphatic hydroxyl groups excluding tert-OH is 1. The summed E-state index contributed by atoms with van der Waals surface area (Å²) in [5.41, 5.74) is 0.619. The Labute approximate surface area is 194 Å². The summed E-state index contributed by atoms with van der Waals surface area (Å²) in [4.78, 5) is 18.8. The summed E-state index contributed by atoms with van der Waals surface area (Å²) >= 11 is 0. The minimum Gasteiger partial charge on any atom is -0.396 e. The van der Waals surface area contributed by atoms with Crippen LogP contribution in [0.1, 0.15) is 80.6 Å². The third kappa shape index (κ3) is 8.80. The number of aromatic nitrogens is 1. The fourth-order valence-corrected chi connectivity index (χ4v) is 3.80. The molecule has 2 atom stereocenters. The highest BCUT2D eigenvalue weighted by Crippen LogP contribution is 2.35. The number of halogens is 3. The number of aliphatic hydroxyl groups is 1. The van der Waals surface area contributed by atoms with Crippen LogP contribution in [0.4, 0.5) is 13.2 Å². The normalized spacial score (nSPS) is 15.2. The molecule has 33 heavy (non-hydrogen) atoms. The smallest absolute Gasteiger partial charge is 0.395 e. The highest BCUT2D eigenvalue weighted by Gasteiger charge is 2.38. The summed E-state index contributed by atoms with van der Waals surface area (Å²) in [6.07, 6.45) is 5.46. The second-order valence-electron chi connectivity index (χ2n) is 8.52. The van der Waals surface area contributed by atoms with Gasteiger partial charge in [-0.25, -0.2) is 0 Å². The lowest BCUT2D eigenvalue weighted by Gasteiger charge is -2.32. The molecule has 1 N–H and O–H groups in total. The Kier molecular flexibility index (Phi) is 10.8. The minimum absolute atomic E-state index is 0.0915. The maximum atomic E-state index is 13.1. The Bertz CT molecular complexity index is 782. The van der Waals surface area contributed by atoms with Gasteiger partial charge in [0.05, 0.1) is 5.92 Å². The van der Waals surface area contributed by atoms with Gasteiger partial charge < -0.3 is 10.0 Å². The van der Waals surface area contributed by atoms with Crippen molar-refractivity contribution in [2.24, 2.45) is 0 Å². The Hall–Kier alpha value is -2.41. The van der Waals surface area contributed by atoms with E-state index in [9.17, 15) is 18.0 Å². The third-order valence-corrected chi connectivity index (χ3v) is 5.85. The zero-order chi connectivity index (χ0) is 24.3. The van der Waals surface area contributed by atoms with Crippen molar-refractivity contribution in [1.82, 2.24) is 9.88 Å². The lowest BCUT2D eigenvalue weighted by molar-refractivity contribution is -0.146. The molecule has 0 aliphatic heterocycles. The maximum absolute atomic E-state index is 13.1. The molecule has 1 fully saturated rings. The Morgan fingerprint density at radius 3 is 2.15 bits per heavy atom. The first kappa shape index (κ1) is 26.8. The Balaban J connectivity index is 0.000000554. The van der Waals surface area contributed by atoms with Crippen molar-refractivity contribution < 1.29 is 23.1 Å². The molecule has 0 spiro atoms. The maximum Gasteiger partial charge on any atom is 0.395 e. The summed E-state index contributed by atoms with van der Waals surface area (Å²) in [6.45, 7) is 3.36. The third-order valence-electron chi connectivity index (χ3n) is 5.85. The van der Waals surface area contributed by atoms with Crippen LogP contribution in [0.3, 0.4) is 0 Å². The second-order valence-corrected chi connectivity index (χ2v) is 8.52. The quantitative estimate of drug-likeness (QED) is 0.416. The van der Waals surface area contributed by atoms with E-state index in [4.69, 9.17) is 5.11 Å². The van der Waals surface area contributed by atoms with Crippen LogP contribution < -0.4 is 0 Å². The van der Waals surface area contributed by atoms with Gasteiger partial charge in [-0.3, -0.25) is 9.78 Å². The largest absolute Gasteiger partial charge is 0.396 e. The van der Waals surface area contributed by atoms with Gasteiger partial charge in [0, 0.05) is 36.6 Å². The average molecular weight is 465 g/mol. The number of hydrogen-bond acceptors (Lipinski definition) is 3. The van der Waals surface area contributed by atoms with E-state index < -0.39 is 12.1 Å². The van der Waals surface area contributed by atoms with Crippen molar-refractivity contribution in [3.8, 4) is 0 Å². The number of hydrogen-bond donors (Lipinski definition) is 1. The molecule has 7 heteroatoms. The number of rotatable bonds is 10. The number of carbonyl (C=O) groups excluding carboxylic acids is 1. The van der Waals surface area contributed by atoms with Crippen molar-refractivity contribution in [1.29, 1.82) is 0 Å². The van der Waals surface area contributed by atoms with Gasteiger partial charge in [0.15, 0.2) is 0 Å². The number of amides is 1. The molecule has 1 amide bonds. The van der Waals surface area contributed by atoms with Gasteiger partial charge in [-0.1, -0.05) is 31.5 Å². The molecule has 1 aliphatic rings. The van der Waals surface area contributed by atoms with E-state index in [1.165, 1.54) is 24.3 Å². The molecular formula is C26H35F3N2O2. The van der Waals surface area contributed by atoms with Crippen LogP contribution in [0.2, 0.25) is 0 Å². The molecule has 0 saturated heterocycles. The summed E-state index contributed by atoms with van der Waals surface area (Å²) in [7, 11) is 0. The molecule has 2 unspecified atom stereocenters. The SMILES string of the molecule is CCCC(CCCCO)N(C(=O)c1ccc(C(C)C(F)(F)F)cc1)C1CC1.c1ccncc1. The topological polar surface area (TPSA) is 53.4 Å². The van der Waals surface area contributed by atoms with Crippen molar-refractivity contribution in [2.75, 3.05) is 6.61 Å². The summed E-state index contributed by atoms with van der Waals surface area (Å²) in [5.74, 6) is -1.64. The summed E-state index contributed by atoms with van der Waals surface area (Å²) < 4.78 is 38.6. The van der Waals surface area contributed by atoms with E-state index in [-0.39, 0.29) is 30.2 Å². The summed E-state index contributed by atoms with van der Waals surface area (Å²) in [5, 5.41) is 9.02. The average Bonchev–Trinajstić information content (AvgIpc) is 3.65. The standard InChI is InChI=1S/C21H30F3NO2.C5H5N/c1-3-6-18(7-4-5-14-26)25(19-12-13-19)20(27)17-10-8-16(9-11-17)15(2)21(22,23)24;1-2-4-6-5-3-1/h8-11,15,18-19,26H,3-7,12-14H2,1-2H3;1-5H. The van der Waals surface area contributed by atoms with E-state index in [0.29, 0.717) is 5.56 Å². The number of nitrogens with zero attached hydrogens (tertiary/aromatic N) is 2. The van der Waals surface area contributed by atoms with Crippen LogP contribution in [0.5, 0.6) is 0 Å². The molecule has 1 saturated carbocycles. The zero-order valence-electron chi connectivity index (χ0n) is 19.5. The van der Waals surface area contributed by atoms with Gasteiger partial charge in [-0.05, 0) is 75.3 Å². The van der Waals surface area contributed by atoms with E-state index >= 15 is 0 Å². The highest BCUT2D eigenvalue weighted by molar-refractivity contribution is 5.95. The molecule has 1 heterocycles. The molecule has 3 rings (SSSR count). The van der Waals surface area contributed by atoms with E-state index in [1.54, 1.807) is 12.4 Å². The number of alkyl halides is 3. The molecule has 1 aliphatic carbocycles. The van der Waals surface area contributed by atoms with E-state index in [0.717, 1.165) is 51.9 Å². The number of unbranched alkanes of at least 4 members (excludes halogenated alkanes) is 1. The fourth-order valence-electron chi connectivity index (χ4n) is 3.80. The van der Waals surface area contributed by atoms with Gasteiger partial charge in [-0.2, -0.15) is 13.2 Å². The van der Waals surface area contributed by atoms with Crippen LogP contribution in [0.15, 0.2) is 54.9 Å². The van der Waals surface area contributed by atoms with Gasteiger partial charge in [-0.15, -0.1) is 0 Å². The fraction of sp³-hybridized carbons (Fsp3) is 0.538. The minimum atomic E-state index is -4.29. The molecule has 2 aromatic rings. The predicted molar refractivity (Wildman–Crippen MR) is 124 cm³/mol. The van der Waals surface area contributed by atoms with Gasteiger partial charge in [0.1, 0.15) is 0 Å². The monoisotopic (exact) mass is 464 g/mol. The Morgan fingerprint density at radius 1 is 1.09 bits per heavy atom. The van der Waals surface area contributed by atoms with Crippen molar-refractivity contribution >= 4 is 5.91 Å². The first-order chi connectivity index (χ1) is 15.8. The molecule has 0 bridgehead atoms. The van der Waals surface area contributed by atoms with Crippen LogP contribution >= 0.6 is 0 Å². The lowest BCUT2D eigenvalue weighted by Crippen LogP contribution is -2.42. The molecule has 1 aromatic carbocycles. The number of benzene rings is 1. The zero-order valence-corrected chi connectivity index (χ0v) is 19.5. The van der Waals surface area contributed by atoms with E-state index in [1.807, 2.05) is 23.1 Å². The van der Waals surface area contributed by atoms with Crippen LogP contribution in [0.25, 0.3) is 0 Å². The number of pyridine rings is 1. The van der Waals surface area contributed by atoms with Crippen molar-refractivity contribution in [3.63, 3.8) is 0 Å². The van der Waals surface area contributed by atoms with Gasteiger partial charge >= 0.3 is 6.18 Å². The molecule has 4 nitrogen and oxygen atoms in total. The predicted octanol–water partition coefficient (Wildman–Crippen LogP) is 6.37.